The molecule has 2 aromatic carbocycles. The normalized spacial score (nSPS) is 15.2. The molecule has 2 aromatic rings. The average Bonchev–Trinajstić information content (AvgIpc) is 3.29. The van der Waals surface area contributed by atoms with Crippen LogP contribution in [0.4, 0.5) is 5.69 Å². The number of nitro benzene ring substituents is 1. The number of hydrogen-bond acceptors (Lipinski definition) is 9. The lowest BCUT2D eigenvalue weighted by molar-refractivity contribution is -0.384. The molecule has 0 radical (unpaired) electrons. The van der Waals surface area contributed by atoms with E-state index in [1.807, 2.05) is 24.3 Å². The second-order valence-corrected chi connectivity index (χ2v) is 7.62. The topological polar surface area (TPSA) is 152 Å². The number of nitro groups is 1. The van der Waals surface area contributed by atoms with Crippen molar-refractivity contribution in [1.29, 1.82) is 0 Å². The van der Waals surface area contributed by atoms with Crippen LogP contribution in [0.25, 0.3) is 0 Å². The Balaban J connectivity index is 0.000000481. The highest BCUT2D eigenvalue weighted by Gasteiger charge is 2.22. The van der Waals surface area contributed by atoms with Gasteiger partial charge in [0.05, 0.1) is 12.0 Å². The first-order valence-electron chi connectivity index (χ1n) is 10.4. The summed E-state index contributed by atoms with van der Waals surface area (Å²) < 4.78 is 16.4. The first kappa shape index (κ1) is 24.7. The molecule has 2 aliphatic heterocycles. The number of non-ortho nitro benzene ring substituents is 1. The predicted octanol–water partition coefficient (Wildman–Crippen LogP) is 1.81. The van der Waals surface area contributed by atoms with Crippen LogP contribution < -0.4 is 14.2 Å². The van der Waals surface area contributed by atoms with Crippen molar-refractivity contribution >= 4 is 17.6 Å². The smallest absolute Gasteiger partial charge is 0.414 e. The number of benzene rings is 2. The minimum Gasteiger partial charge on any atom is -0.493 e. The molecule has 182 valence electrons. The molecule has 1 saturated heterocycles. The van der Waals surface area contributed by atoms with Crippen LogP contribution in [0.1, 0.15) is 11.1 Å². The van der Waals surface area contributed by atoms with E-state index in [1.165, 1.54) is 0 Å². The van der Waals surface area contributed by atoms with Crippen molar-refractivity contribution in [2.24, 2.45) is 0 Å². The molecular weight excluding hydrogens is 450 g/mol. The summed E-state index contributed by atoms with van der Waals surface area (Å²) in [4.78, 5) is 33.4. The molecule has 0 amide bonds. The molecule has 34 heavy (non-hydrogen) atoms. The molecule has 0 saturated carbocycles. The maximum Gasteiger partial charge on any atom is 0.414 e. The third kappa shape index (κ3) is 6.56. The number of carbonyl (C=O) groups is 2. The Hall–Kier alpha value is -3.90. The Morgan fingerprint density at radius 1 is 0.971 bits per heavy atom. The monoisotopic (exact) mass is 475 g/mol. The van der Waals surface area contributed by atoms with Gasteiger partial charge in [-0.25, -0.2) is 9.59 Å². The summed E-state index contributed by atoms with van der Waals surface area (Å²) >= 11 is 0. The van der Waals surface area contributed by atoms with Crippen molar-refractivity contribution in [3.8, 4) is 17.2 Å². The number of nitrogens with zero attached hydrogens (tertiary/aromatic N) is 3. The van der Waals surface area contributed by atoms with Gasteiger partial charge in [-0.15, -0.1) is 0 Å². The van der Waals surface area contributed by atoms with Crippen LogP contribution in [0.2, 0.25) is 0 Å². The summed E-state index contributed by atoms with van der Waals surface area (Å²) in [5.74, 6) is -1.52. The van der Waals surface area contributed by atoms with Crippen molar-refractivity contribution < 1.29 is 38.9 Å². The predicted molar refractivity (Wildman–Crippen MR) is 118 cm³/mol. The molecule has 0 aliphatic carbocycles. The van der Waals surface area contributed by atoms with Gasteiger partial charge in [0.15, 0.2) is 11.5 Å². The molecule has 12 heteroatoms. The van der Waals surface area contributed by atoms with Crippen LogP contribution in [0, 0.1) is 10.1 Å². The van der Waals surface area contributed by atoms with Gasteiger partial charge < -0.3 is 24.4 Å². The fourth-order valence-electron chi connectivity index (χ4n) is 3.62. The van der Waals surface area contributed by atoms with Gasteiger partial charge in [-0.2, -0.15) is 0 Å². The maximum atomic E-state index is 10.8. The lowest BCUT2D eigenvalue weighted by atomic mass is 10.1. The Bertz CT molecular complexity index is 1020. The van der Waals surface area contributed by atoms with Crippen molar-refractivity contribution in [1.82, 2.24) is 9.80 Å². The van der Waals surface area contributed by atoms with E-state index in [4.69, 9.17) is 34.0 Å². The number of carboxylic acid groups (broad SMARTS) is 2. The van der Waals surface area contributed by atoms with E-state index in [9.17, 15) is 10.1 Å². The van der Waals surface area contributed by atoms with Crippen LogP contribution in [0.3, 0.4) is 0 Å². The van der Waals surface area contributed by atoms with E-state index in [2.05, 4.69) is 9.80 Å². The summed E-state index contributed by atoms with van der Waals surface area (Å²) in [5.41, 5.74) is 2.37. The zero-order valence-corrected chi connectivity index (χ0v) is 18.5. The SMILES string of the molecule is COc1cc(CN2CCN(Cc3ccc([N+](=O)[O-])cc3)CC2)cc2c1OCO2.O=C(O)C(=O)O. The summed E-state index contributed by atoms with van der Waals surface area (Å²) in [6.45, 7) is 5.71. The third-order valence-electron chi connectivity index (χ3n) is 5.33. The minimum absolute atomic E-state index is 0.132. The van der Waals surface area contributed by atoms with Crippen molar-refractivity contribution in [3.05, 3.63) is 57.6 Å². The van der Waals surface area contributed by atoms with Crippen LogP contribution in [0.15, 0.2) is 36.4 Å². The number of fused-ring (bicyclic) bond motifs is 1. The lowest BCUT2D eigenvalue weighted by Crippen LogP contribution is -2.45. The number of aliphatic carboxylic acids is 2. The number of rotatable bonds is 6. The van der Waals surface area contributed by atoms with Crippen molar-refractivity contribution in [2.75, 3.05) is 40.1 Å². The Kier molecular flexibility index (Phi) is 8.22. The summed E-state index contributed by atoms with van der Waals surface area (Å²) in [7, 11) is 1.64. The van der Waals surface area contributed by atoms with Gasteiger partial charge in [0, 0.05) is 51.4 Å². The second-order valence-electron chi connectivity index (χ2n) is 7.62. The van der Waals surface area contributed by atoms with Gasteiger partial charge in [-0.3, -0.25) is 19.9 Å². The largest absolute Gasteiger partial charge is 0.493 e. The number of ether oxygens (including phenoxy) is 3. The number of carboxylic acids is 2. The van der Waals surface area contributed by atoms with E-state index in [0.717, 1.165) is 56.1 Å². The third-order valence-corrected chi connectivity index (χ3v) is 5.33. The molecule has 0 spiro atoms. The van der Waals surface area contributed by atoms with Gasteiger partial charge >= 0.3 is 11.9 Å². The Morgan fingerprint density at radius 2 is 1.53 bits per heavy atom. The van der Waals surface area contributed by atoms with E-state index in [-0.39, 0.29) is 17.4 Å². The van der Waals surface area contributed by atoms with Gasteiger partial charge in [0.25, 0.3) is 5.69 Å². The average molecular weight is 475 g/mol. The standard InChI is InChI=1S/C20H23N3O5.C2H2O4/c1-26-18-10-16(11-19-20(18)28-14-27-19)13-22-8-6-21(7-9-22)12-15-2-4-17(5-3-15)23(24)25;3-1(4)2(5)6/h2-5,10-11H,6-9,12-14H2,1H3;(H,3,4)(H,5,6). The molecule has 0 bridgehead atoms. The Morgan fingerprint density at radius 3 is 2.03 bits per heavy atom. The molecule has 2 aliphatic rings. The van der Waals surface area contributed by atoms with Gasteiger partial charge in [0.1, 0.15) is 0 Å². The number of methoxy groups -OCH3 is 1. The minimum atomic E-state index is -1.82. The summed E-state index contributed by atoms with van der Waals surface area (Å²) in [6.07, 6.45) is 0. The molecule has 0 atom stereocenters. The molecule has 4 rings (SSSR count). The molecule has 2 heterocycles. The maximum absolute atomic E-state index is 10.8. The highest BCUT2D eigenvalue weighted by molar-refractivity contribution is 6.27. The van der Waals surface area contributed by atoms with Crippen LogP contribution >= 0.6 is 0 Å². The molecule has 12 nitrogen and oxygen atoms in total. The first-order valence-corrected chi connectivity index (χ1v) is 10.4. The zero-order chi connectivity index (χ0) is 24.7. The highest BCUT2D eigenvalue weighted by Crippen LogP contribution is 2.42. The van der Waals surface area contributed by atoms with Crippen LogP contribution in [0.5, 0.6) is 17.2 Å². The van der Waals surface area contributed by atoms with Crippen molar-refractivity contribution in [3.63, 3.8) is 0 Å². The van der Waals surface area contributed by atoms with Gasteiger partial charge in [-0.1, -0.05) is 12.1 Å². The van der Waals surface area contributed by atoms with Gasteiger partial charge in [0.2, 0.25) is 12.5 Å². The fourth-order valence-corrected chi connectivity index (χ4v) is 3.62. The molecule has 0 unspecified atom stereocenters. The Labute approximate surface area is 195 Å². The quantitative estimate of drug-likeness (QED) is 0.357. The molecular formula is C22H25N3O9. The molecule has 0 aromatic heterocycles. The fraction of sp³-hybridized carbons (Fsp3) is 0.364. The summed E-state index contributed by atoms with van der Waals surface area (Å²) in [6, 6.07) is 10.8. The van der Waals surface area contributed by atoms with Crippen LogP contribution in [-0.4, -0.2) is 77.0 Å². The van der Waals surface area contributed by atoms with E-state index >= 15 is 0 Å². The first-order chi connectivity index (χ1) is 16.3. The number of piperazine rings is 1. The number of hydrogen-bond donors (Lipinski definition) is 2. The van der Waals surface area contributed by atoms with E-state index in [0.29, 0.717) is 11.5 Å². The molecule has 1 fully saturated rings. The molecule has 2 N–H and O–H groups in total. The lowest BCUT2D eigenvalue weighted by Gasteiger charge is -2.34. The van der Waals surface area contributed by atoms with Crippen LogP contribution in [-0.2, 0) is 22.7 Å². The second kappa shape index (κ2) is 11.3. The highest BCUT2D eigenvalue weighted by atomic mass is 16.7. The summed E-state index contributed by atoms with van der Waals surface area (Å²) in [5, 5.41) is 25.5. The van der Waals surface area contributed by atoms with E-state index in [1.54, 1.807) is 19.2 Å². The van der Waals surface area contributed by atoms with Crippen molar-refractivity contribution in [2.45, 2.75) is 13.1 Å². The zero-order valence-electron chi connectivity index (χ0n) is 18.5. The van der Waals surface area contributed by atoms with Gasteiger partial charge in [-0.05, 0) is 23.3 Å². The van der Waals surface area contributed by atoms with E-state index < -0.39 is 11.9 Å².